The predicted octanol–water partition coefficient (Wildman–Crippen LogP) is 3.79. The first-order chi connectivity index (χ1) is 15.5. The van der Waals surface area contributed by atoms with Crippen molar-refractivity contribution in [3.8, 4) is 11.4 Å². The lowest BCUT2D eigenvalue weighted by atomic mass is 9.79. The Labute approximate surface area is 190 Å². The van der Waals surface area contributed by atoms with Crippen LogP contribution in [0.2, 0.25) is 5.02 Å². The van der Waals surface area contributed by atoms with Crippen LogP contribution < -0.4 is 10.6 Å². The first kappa shape index (κ1) is 22.4. The molecule has 0 aromatic carbocycles. The van der Waals surface area contributed by atoms with Gasteiger partial charge in [0.25, 0.3) is 0 Å². The van der Waals surface area contributed by atoms with Crippen molar-refractivity contribution in [2.75, 3.05) is 32.1 Å². The van der Waals surface area contributed by atoms with Gasteiger partial charge < -0.3 is 20.4 Å². The third-order valence-electron chi connectivity index (χ3n) is 5.92. The zero-order valence-electron chi connectivity index (χ0n) is 17.8. The molecule has 0 saturated heterocycles. The smallest absolute Gasteiger partial charge is 0.245 e. The standard InChI is InChI=1S/C22H26ClFN6O2/c1-32-12-19(31)25-7-13-4-2-3-5-14(13)8-26-22-18(24)11-29-21(30-22)17-10-28-20-16(17)6-15(23)9-27-20/h6,9-11,13-14H,2-5,7-8,12H2,1H3,(H,25,31)(H,27,28)(H,26,29,30). The quantitative estimate of drug-likeness (QED) is 0.472. The van der Waals surface area contributed by atoms with Crippen molar-refractivity contribution in [3.05, 3.63) is 35.5 Å². The van der Waals surface area contributed by atoms with E-state index in [1.165, 1.54) is 13.3 Å². The van der Waals surface area contributed by atoms with Crippen molar-refractivity contribution < 1.29 is 13.9 Å². The van der Waals surface area contributed by atoms with Gasteiger partial charge in [0.1, 0.15) is 12.3 Å². The van der Waals surface area contributed by atoms with Gasteiger partial charge in [0.15, 0.2) is 17.5 Å². The minimum absolute atomic E-state index is 0.0547. The van der Waals surface area contributed by atoms with Crippen molar-refractivity contribution in [3.63, 3.8) is 0 Å². The molecule has 170 valence electrons. The van der Waals surface area contributed by atoms with Crippen LogP contribution >= 0.6 is 11.6 Å². The summed E-state index contributed by atoms with van der Waals surface area (Å²) in [5.74, 6) is 0.544. The number of nitrogens with one attached hydrogen (secondary N) is 3. The molecule has 1 fully saturated rings. The van der Waals surface area contributed by atoms with Crippen LogP contribution in [-0.2, 0) is 9.53 Å². The highest BCUT2D eigenvalue weighted by molar-refractivity contribution is 6.31. The number of hydrogen-bond donors (Lipinski definition) is 3. The van der Waals surface area contributed by atoms with Crippen LogP contribution in [0.4, 0.5) is 10.2 Å². The highest BCUT2D eigenvalue weighted by Gasteiger charge is 2.26. The lowest BCUT2D eigenvalue weighted by Gasteiger charge is -2.32. The minimum atomic E-state index is -0.509. The Balaban J connectivity index is 1.47. The number of anilines is 1. The zero-order valence-corrected chi connectivity index (χ0v) is 18.6. The van der Waals surface area contributed by atoms with Crippen LogP contribution in [0.1, 0.15) is 25.7 Å². The maximum absolute atomic E-state index is 14.5. The summed E-state index contributed by atoms with van der Waals surface area (Å²) in [7, 11) is 1.50. The molecule has 1 amide bonds. The molecule has 0 aliphatic heterocycles. The minimum Gasteiger partial charge on any atom is -0.375 e. The Bertz CT molecular complexity index is 1090. The molecule has 0 bridgehead atoms. The maximum atomic E-state index is 14.5. The van der Waals surface area contributed by atoms with Gasteiger partial charge >= 0.3 is 0 Å². The van der Waals surface area contributed by atoms with Gasteiger partial charge in [-0.05, 0) is 30.7 Å². The average molecular weight is 461 g/mol. The second-order valence-corrected chi connectivity index (χ2v) is 8.50. The molecule has 2 atom stereocenters. The van der Waals surface area contributed by atoms with Crippen LogP contribution in [0.15, 0.2) is 24.7 Å². The fourth-order valence-electron chi connectivity index (χ4n) is 4.26. The van der Waals surface area contributed by atoms with Gasteiger partial charge in [-0.3, -0.25) is 4.79 Å². The van der Waals surface area contributed by atoms with Crippen LogP contribution in [0.5, 0.6) is 0 Å². The SMILES string of the molecule is COCC(=O)NCC1CCCCC1CNc1nc(-c2c[nH]c3ncc(Cl)cc23)ncc1F. The summed E-state index contributed by atoms with van der Waals surface area (Å²) in [4.78, 5) is 27.6. The summed E-state index contributed by atoms with van der Waals surface area (Å²) < 4.78 is 19.3. The second-order valence-electron chi connectivity index (χ2n) is 8.06. The fraction of sp³-hybridized carbons (Fsp3) is 0.455. The topological polar surface area (TPSA) is 105 Å². The van der Waals surface area contributed by atoms with E-state index in [0.29, 0.717) is 47.0 Å². The highest BCUT2D eigenvalue weighted by atomic mass is 35.5. The summed E-state index contributed by atoms with van der Waals surface area (Å²) in [6, 6.07) is 1.78. The Kier molecular flexibility index (Phi) is 7.16. The summed E-state index contributed by atoms with van der Waals surface area (Å²) >= 11 is 6.08. The second kappa shape index (κ2) is 10.2. The molecule has 32 heavy (non-hydrogen) atoms. The number of rotatable bonds is 8. The van der Waals surface area contributed by atoms with Crippen molar-refractivity contribution in [1.29, 1.82) is 0 Å². The Morgan fingerprint density at radius 2 is 2.03 bits per heavy atom. The molecule has 2 unspecified atom stereocenters. The van der Waals surface area contributed by atoms with E-state index in [9.17, 15) is 9.18 Å². The molecular formula is C22H26ClFN6O2. The number of aromatic nitrogens is 4. The number of H-pyrrole nitrogens is 1. The van der Waals surface area contributed by atoms with Crippen LogP contribution in [0, 0.1) is 17.7 Å². The van der Waals surface area contributed by atoms with Gasteiger partial charge in [-0.2, -0.15) is 0 Å². The van der Waals surface area contributed by atoms with Crippen molar-refractivity contribution in [2.45, 2.75) is 25.7 Å². The van der Waals surface area contributed by atoms with E-state index < -0.39 is 5.82 Å². The van der Waals surface area contributed by atoms with Crippen molar-refractivity contribution >= 4 is 34.4 Å². The van der Waals surface area contributed by atoms with Gasteiger partial charge in [-0.15, -0.1) is 0 Å². The summed E-state index contributed by atoms with van der Waals surface area (Å²) in [5.41, 5.74) is 1.36. The number of amides is 1. The first-order valence-corrected chi connectivity index (χ1v) is 11.1. The van der Waals surface area contributed by atoms with Gasteiger partial charge in [-0.25, -0.2) is 19.3 Å². The molecular weight excluding hydrogens is 435 g/mol. The summed E-state index contributed by atoms with van der Waals surface area (Å²) in [6.07, 6.45) is 8.76. The molecule has 10 heteroatoms. The van der Waals surface area contributed by atoms with E-state index in [4.69, 9.17) is 16.3 Å². The molecule has 3 heterocycles. The van der Waals surface area contributed by atoms with Crippen LogP contribution in [0.25, 0.3) is 22.4 Å². The number of halogens is 2. The highest BCUT2D eigenvalue weighted by Crippen LogP contribution is 2.31. The van der Waals surface area contributed by atoms with Gasteiger partial charge in [0.05, 0.1) is 11.2 Å². The van der Waals surface area contributed by atoms with Gasteiger partial charge in [0, 0.05) is 43.5 Å². The number of carbonyl (C=O) groups excluding carboxylic acids is 1. The fourth-order valence-corrected chi connectivity index (χ4v) is 4.42. The molecule has 1 aliphatic carbocycles. The molecule has 3 N–H and O–H groups in total. The number of ether oxygens (including phenoxy) is 1. The van der Waals surface area contributed by atoms with E-state index in [1.54, 1.807) is 18.5 Å². The number of aromatic amines is 1. The van der Waals surface area contributed by atoms with E-state index in [2.05, 4.69) is 30.6 Å². The van der Waals surface area contributed by atoms with Gasteiger partial charge in [-0.1, -0.05) is 24.4 Å². The van der Waals surface area contributed by atoms with Crippen molar-refractivity contribution in [1.82, 2.24) is 25.3 Å². The Morgan fingerprint density at radius 1 is 1.25 bits per heavy atom. The van der Waals surface area contributed by atoms with E-state index in [1.807, 2.05) is 0 Å². The molecule has 1 aliphatic rings. The number of fused-ring (bicyclic) bond motifs is 1. The van der Waals surface area contributed by atoms with E-state index in [-0.39, 0.29) is 18.3 Å². The third-order valence-corrected chi connectivity index (χ3v) is 6.12. The van der Waals surface area contributed by atoms with E-state index in [0.717, 1.165) is 31.1 Å². The first-order valence-electron chi connectivity index (χ1n) is 10.7. The monoisotopic (exact) mass is 460 g/mol. The average Bonchev–Trinajstić information content (AvgIpc) is 3.21. The van der Waals surface area contributed by atoms with Gasteiger partial charge in [0.2, 0.25) is 5.91 Å². The molecule has 4 rings (SSSR count). The molecule has 0 radical (unpaired) electrons. The van der Waals surface area contributed by atoms with Crippen molar-refractivity contribution in [2.24, 2.45) is 11.8 Å². The van der Waals surface area contributed by atoms with E-state index >= 15 is 0 Å². The Hall–Kier alpha value is -2.78. The summed E-state index contributed by atoms with van der Waals surface area (Å²) in [5, 5.41) is 7.37. The molecule has 8 nitrogen and oxygen atoms in total. The molecule has 1 saturated carbocycles. The normalized spacial score (nSPS) is 18.6. The van der Waals surface area contributed by atoms with Crippen LogP contribution in [-0.4, -0.2) is 52.6 Å². The number of nitrogens with zero attached hydrogens (tertiary/aromatic N) is 3. The summed E-state index contributed by atoms with van der Waals surface area (Å²) in [6.45, 7) is 1.22. The Morgan fingerprint density at radius 3 is 2.81 bits per heavy atom. The molecule has 3 aromatic rings. The maximum Gasteiger partial charge on any atom is 0.245 e. The van der Waals surface area contributed by atoms with Crippen LogP contribution in [0.3, 0.4) is 0 Å². The molecule has 3 aromatic heterocycles. The number of carbonyl (C=O) groups is 1. The lowest BCUT2D eigenvalue weighted by molar-refractivity contribution is -0.125. The third kappa shape index (κ3) is 5.16. The predicted molar refractivity (Wildman–Crippen MR) is 121 cm³/mol. The largest absolute Gasteiger partial charge is 0.375 e. The lowest BCUT2D eigenvalue weighted by Crippen LogP contribution is -2.38. The number of pyridine rings is 1. The molecule has 0 spiro atoms. The number of methoxy groups -OCH3 is 1. The zero-order chi connectivity index (χ0) is 22.5. The number of hydrogen-bond acceptors (Lipinski definition) is 6.